The molecule has 0 radical (unpaired) electrons. The molecule has 1 aromatic rings. The normalized spacial score (nSPS) is 14.1. The number of carbonyl (C=O) groups is 1. The van der Waals surface area contributed by atoms with Crippen LogP contribution in [-0.2, 0) is 10.0 Å². The quantitative estimate of drug-likeness (QED) is 0.576. The van der Waals surface area contributed by atoms with Crippen LogP contribution < -0.4 is 15.8 Å². The Labute approximate surface area is 143 Å². The van der Waals surface area contributed by atoms with Crippen LogP contribution in [0.3, 0.4) is 0 Å². The van der Waals surface area contributed by atoms with Crippen molar-refractivity contribution in [2.45, 2.75) is 30.6 Å². The van der Waals surface area contributed by atoms with E-state index in [1.165, 1.54) is 12.1 Å². The Bertz CT molecular complexity index is 618. The van der Waals surface area contributed by atoms with Crippen molar-refractivity contribution in [1.82, 2.24) is 10.0 Å². The van der Waals surface area contributed by atoms with Crippen molar-refractivity contribution in [1.29, 1.82) is 0 Å². The predicted molar refractivity (Wildman–Crippen MR) is 92.2 cm³/mol. The Morgan fingerprint density at radius 1 is 1.26 bits per heavy atom. The molecular weight excluding hydrogens is 338 g/mol. The van der Waals surface area contributed by atoms with Crippen LogP contribution in [0.4, 0.5) is 0 Å². The van der Waals surface area contributed by atoms with E-state index in [1.54, 1.807) is 12.1 Å². The predicted octanol–water partition coefficient (Wildman–Crippen LogP) is 1.27. The molecule has 0 atom stereocenters. The molecule has 130 valence electrons. The molecule has 0 aromatic heterocycles. The van der Waals surface area contributed by atoms with Gasteiger partial charge in [0.1, 0.15) is 0 Å². The molecule has 1 fully saturated rings. The van der Waals surface area contributed by atoms with Gasteiger partial charge in [0.15, 0.2) is 0 Å². The van der Waals surface area contributed by atoms with E-state index in [1.807, 2.05) is 0 Å². The Morgan fingerprint density at radius 3 is 2.65 bits per heavy atom. The summed E-state index contributed by atoms with van der Waals surface area (Å²) >= 11 is 0. The van der Waals surface area contributed by atoms with Gasteiger partial charge in [0.25, 0.3) is 5.91 Å². The summed E-state index contributed by atoms with van der Waals surface area (Å²) in [6.07, 6.45) is 3.81. The standard InChI is InChI=1S/C15H23N3O3S.ClH/c16-8-1-2-9-17-15(19)13-4-3-5-14(10-13)22(20,21)18-11-12-6-7-12;/h3-5,10,12,18H,1-2,6-9,11,16H2,(H,17,19);1H. The molecule has 0 aliphatic heterocycles. The molecule has 0 saturated heterocycles. The third-order valence-corrected chi connectivity index (χ3v) is 5.00. The number of nitrogens with one attached hydrogen (secondary N) is 2. The van der Waals surface area contributed by atoms with Crippen molar-refractivity contribution in [3.8, 4) is 0 Å². The smallest absolute Gasteiger partial charge is 0.251 e. The molecule has 6 nitrogen and oxygen atoms in total. The van der Waals surface area contributed by atoms with Gasteiger partial charge in [-0.3, -0.25) is 4.79 Å². The lowest BCUT2D eigenvalue weighted by molar-refractivity contribution is 0.0953. The van der Waals surface area contributed by atoms with E-state index in [0.29, 0.717) is 31.1 Å². The largest absolute Gasteiger partial charge is 0.352 e. The minimum absolute atomic E-state index is 0. The van der Waals surface area contributed by atoms with Crippen molar-refractivity contribution in [3.63, 3.8) is 0 Å². The highest BCUT2D eigenvalue weighted by atomic mass is 35.5. The Balaban J connectivity index is 0.00000264. The molecule has 23 heavy (non-hydrogen) atoms. The zero-order chi connectivity index (χ0) is 16.0. The molecule has 0 unspecified atom stereocenters. The molecule has 1 aromatic carbocycles. The summed E-state index contributed by atoms with van der Waals surface area (Å²) in [5.74, 6) is 0.195. The molecule has 0 bridgehead atoms. The second kappa shape index (κ2) is 9.22. The molecule has 8 heteroatoms. The van der Waals surface area contributed by atoms with Gasteiger partial charge in [-0.15, -0.1) is 12.4 Å². The van der Waals surface area contributed by atoms with E-state index in [9.17, 15) is 13.2 Å². The van der Waals surface area contributed by atoms with Crippen LogP contribution >= 0.6 is 12.4 Å². The van der Waals surface area contributed by atoms with Gasteiger partial charge in [0.05, 0.1) is 4.90 Å². The maximum Gasteiger partial charge on any atom is 0.251 e. The third kappa shape index (κ3) is 6.47. The average molecular weight is 362 g/mol. The summed E-state index contributed by atoms with van der Waals surface area (Å²) in [5.41, 5.74) is 5.74. The number of hydrogen-bond donors (Lipinski definition) is 3. The van der Waals surface area contributed by atoms with Gasteiger partial charge >= 0.3 is 0 Å². The SMILES string of the molecule is Cl.NCCCCNC(=O)c1cccc(S(=O)(=O)NCC2CC2)c1. The first-order chi connectivity index (χ1) is 10.5. The highest BCUT2D eigenvalue weighted by Crippen LogP contribution is 2.28. The van der Waals surface area contributed by atoms with Crippen molar-refractivity contribution in [2.24, 2.45) is 11.7 Å². The summed E-state index contributed by atoms with van der Waals surface area (Å²) in [6.45, 7) is 1.60. The number of sulfonamides is 1. The molecular formula is C15H24ClN3O3S. The number of nitrogens with two attached hydrogens (primary N) is 1. The number of benzene rings is 1. The molecule has 1 saturated carbocycles. The topological polar surface area (TPSA) is 101 Å². The summed E-state index contributed by atoms with van der Waals surface area (Å²) in [5, 5.41) is 2.76. The second-order valence-electron chi connectivity index (χ2n) is 5.57. The van der Waals surface area contributed by atoms with E-state index >= 15 is 0 Å². The first-order valence-electron chi connectivity index (χ1n) is 7.61. The molecule has 1 amide bonds. The van der Waals surface area contributed by atoms with Crippen LogP contribution in [0.5, 0.6) is 0 Å². The second-order valence-corrected chi connectivity index (χ2v) is 7.34. The lowest BCUT2D eigenvalue weighted by Gasteiger charge is -2.08. The number of amides is 1. The summed E-state index contributed by atoms with van der Waals surface area (Å²) in [4.78, 5) is 12.1. The number of hydrogen-bond acceptors (Lipinski definition) is 4. The van der Waals surface area contributed by atoms with Crippen molar-refractivity contribution < 1.29 is 13.2 Å². The van der Waals surface area contributed by atoms with Crippen LogP contribution in [0.1, 0.15) is 36.0 Å². The molecule has 2 rings (SSSR count). The number of carbonyl (C=O) groups excluding carboxylic acids is 1. The summed E-state index contributed by atoms with van der Waals surface area (Å²) in [7, 11) is -3.55. The zero-order valence-electron chi connectivity index (χ0n) is 13.0. The minimum atomic E-state index is -3.55. The summed E-state index contributed by atoms with van der Waals surface area (Å²) in [6, 6.07) is 6.10. The fourth-order valence-electron chi connectivity index (χ4n) is 2.01. The van der Waals surface area contributed by atoms with Gasteiger partial charge in [-0.1, -0.05) is 6.07 Å². The van der Waals surface area contributed by atoms with E-state index in [4.69, 9.17) is 5.73 Å². The van der Waals surface area contributed by atoms with Crippen LogP contribution in [0.2, 0.25) is 0 Å². The number of unbranched alkanes of at least 4 members (excludes halogenated alkanes) is 1. The third-order valence-electron chi connectivity index (χ3n) is 3.58. The Morgan fingerprint density at radius 2 is 2.00 bits per heavy atom. The zero-order valence-corrected chi connectivity index (χ0v) is 14.6. The molecule has 1 aliphatic carbocycles. The van der Waals surface area contributed by atoms with Crippen LogP contribution in [0, 0.1) is 5.92 Å². The van der Waals surface area contributed by atoms with Crippen molar-refractivity contribution in [3.05, 3.63) is 29.8 Å². The molecule has 0 spiro atoms. The van der Waals surface area contributed by atoms with Crippen molar-refractivity contribution >= 4 is 28.3 Å². The van der Waals surface area contributed by atoms with E-state index in [2.05, 4.69) is 10.0 Å². The maximum absolute atomic E-state index is 12.2. The minimum Gasteiger partial charge on any atom is -0.352 e. The van der Waals surface area contributed by atoms with Gasteiger partial charge in [-0.25, -0.2) is 13.1 Å². The highest BCUT2D eigenvalue weighted by molar-refractivity contribution is 7.89. The van der Waals surface area contributed by atoms with Gasteiger partial charge in [-0.05, 0) is 56.3 Å². The first-order valence-corrected chi connectivity index (χ1v) is 9.09. The highest BCUT2D eigenvalue weighted by Gasteiger charge is 2.24. The van der Waals surface area contributed by atoms with E-state index in [0.717, 1.165) is 25.7 Å². The monoisotopic (exact) mass is 361 g/mol. The van der Waals surface area contributed by atoms with Crippen LogP contribution in [0.25, 0.3) is 0 Å². The lowest BCUT2D eigenvalue weighted by atomic mass is 10.2. The van der Waals surface area contributed by atoms with Gasteiger partial charge < -0.3 is 11.1 Å². The molecule has 4 N–H and O–H groups in total. The van der Waals surface area contributed by atoms with Gasteiger partial charge in [0.2, 0.25) is 10.0 Å². The molecule has 0 heterocycles. The fraction of sp³-hybridized carbons (Fsp3) is 0.533. The average Bonchev–Trinajstić information content (AvgIpc) is 3.34. The van der Waals surface area contributed by atoms with E-state index < -0.39 is 10.0 Å². The van der Waals surface area contributed by atoms with Gasteiger partial charge in [0, 0.05) is 18.7 Å². The van der Waals surface area contributed by atoms with Crippen LogP contribution in [-0.4, -0.2) is 34.0 Å². The molecule has 1 aliphatic rings. The fourth-order valence-corrected chi connectivity index (χ4v) is 3.17. The summed E-state index contributed by atoms with van der Waals surface area (Å²) < 4.78 is 27.0. The Hall–Kier alpha value is -1.15. The van der Waals surface area contributed by atoms with Gasteiger partial charge in [-0.2, -0.15) is 0 Å². The maximum atomic E-state index is 12.2. The lowest BCUT2D eigenvalue weighted by Crippen LogP contribution is -2.27. The Kier molecular flexibility index (Phi) is 7.98. The number of rotatable bonds is 9. The number of halogens is 1. The van der Waals surface area contributed by atoms with Crippen LogP contribution in [0.15, 0.2) is 29.2 Å². The van der Waals surface area contributed by atoms with E-state index in [-0.39, 0.29) is 23.2 Å². The first kappa shape index (κ1) is 19.9. The van der Waals surface area contributed by atoms with Crippen molar-refractivity contribution in [2.75, 3.05) is 19.6 Å².